The van der Waals surface area contributed by atoms with E-state index in [1.165, 1.54) is 25.0 Å². The Hall–Kier alpha value is -3.36. The Balaban J connectivity index is 1.13. The zero-order chi connectivity index (χ0) is 27.9. The van der Waals surface area contributed by atoms with Gasteiger partial charge in [0.05, 0.1) is 24.0 Å². The summed E-state index contributed by atoms with van der Waals surface area (Å²) in [5.74, 6) is 0.656. The Kier molecular flexibility index (Phi) is 7.31. The number of ether oxygens (including phenoxy) is 2. The summed E-state index contributed by atoms with van der Waals surface area (Å²) in [4.78, 5) is 18.2. The summed E-state index contributed by atoms with van der Waals surface area (Å²) < 4.78 is 29.4. The molecule has 0 radical (unpaired) electrons. The average molecular weight is 566 g/mol. The lowest BCUT2D eigenvalue weighted by molar-refractivity contribution is -0.131. The zero-order valence-corrected chi connectivity index (χ0v) is 23.2. The summed E-state index contributed by atoms with van der Waals surface area (Å²) in [5.41, 5.74) is 2.23. The number of nitrogens with zero attached hydrogens (tertiary/aromatic N) is 3. The Morgan fingerprint density at radius 1 is 1.20 bits per heavy atom. The normalized spacial score (nSPS) is 21.4. The first-order valence-corrected chi connectivity index (χ1v) is 14.3. The van der Waals surface area contributed by atoms with Crippen molar-refractivity contribution < 1.29 is 23.8 Å². The number of halogens is 2. The number of aromatic nitrogens is 2. The smallest absolute Gasteiger partial charge is 0.328 e. The van der Waals surface area contributed by atoms with Crippen molar-refractivity contribution in [3.63, 3.8) is 0 Å². The Labute approximate surface area is 238 Å². The van der Waals surface area contributed by atoms with Crippen LogP contribution in [0.4, 0.5) is 4.39 Å². The van der Waals surface area contributed by atoms with Crippen LogP contribution >= 0.6 is 11.6 Å². The fraction of sp³-hybridized carbons (Fsp3) is 0.419. The number of piperidine rings is 1. The van der Waals surface area contributed by atoms with Gasteiger partial charge in [-0.15, -0.1) is 0 Å². The molecule has 6 rings (SSSR count). The maximum atomic E-state index is 14.8. The van der Waals surface area contributed by atoms with Crippen LogP contribution < -0.4 is 9.47 Å². The highest BCUT2D eigenvalue weighted by Gasteiger charge is 2.43. The van der Waals surface area contributed by atoms with Crippen LogP contribution in [0, 0.1) is 11.7 Å². The van der Waals surface area contributed by atoms with E-state index in [0.29, 0.717) is 22.1 Å². The minimum atomic E-state index is -1.27. The second-order valence-electron chi connectivity index (χ2n) is 11.2. The summed E-state index contributed by atoms with van der Waals surface area (Å²) >= 11 is 5.96. The lowest BCUT2D eigenvalue weighted by Crippen LogP contribution is -2.34. The number of benzene rings is 2. The molecule has 0 amide bonds. The van der Waals surface area contributed by atoms with Gasteiger partial charge in [0.15, 0.2) is 11.5 Å². The molecule has 1 aliphatic carbocycles. The van der Waals surface area contributed by atoms with E-state index in [1.54, 1.807) is 31.3 Å². The largest absolute Gasteiger partial charge is 0.478 e. The number of hydrogen-bond donors (Lipinski definition) is 1. The van der Waals surface area contributed by atoms with Crippen LogP contribution in [0.25, 0.3) is 6.08 Å². The topological polar surface area (TPSA) is 76.8 Å². The highest BCUT2D eigenvalue weighted by atomic mass is 35.5. The second-order valence-corrected chi connectivity index (χ2v) is 11.6. The molecule has 1 aromatic heterocycles. The summed E-state index contributed by atoms with van der Waals surface area (Å²) in [7, 11) is 0. The highest BCUT2D eigenvalue weighted by Crippen LogP contribution is 2.49. The van der Waals surface area contributed by atoms with E-state index in [0.717, 1.165) is 68.4 Å². The number of likely N-dealkylation sites (tertiary alicyclic amines) is 1. The van der Waals surface area contributed by atoms with Crippen molar-refractivity contribution >= 4 is 23.6 Å². The molecule has 1 atom stereocenters. The lowest BCUT2D eigenvalue weighted by atomic mass is 9.88. The third-order valence-corrected chi connectivity index (χ3v) is 8.48. The summed E-state index contributed by atoms with van der Waals surface area (Å²) in [6, 6.07) is 10.4. The highest BCUT2D eigenvalue weighted by molar-refractivity contribution is 6.30. The van der Waals surface area contributed by atoms with Gasteiger partial charge in [0.2, 0.25) is 0 Å². The number of carbonyl (C=O) groups is 1. The fourth-order valence-electron chi connectivity index (χ4n) is 5.86. The van der Waals surface area contributed by atoms with Gasteiger partial charge in [0, 0.05) is 30.1 Å². The lowest BCUT2D eigenvalue weighted by Gasteiger charge is -2.32. The number of rotatable bonds is 9. The molecule has 3 aromatic rings. The molecule has 7 nitrogen and oxygen atoms in total. The van der Waals surface area contributed by atoms with Gasteiger partial charge in [0.1, 0.15) is 11.6 Å². The number of para-hydroxylation sites is 1. The van der Waals surface area contributed by atoms with Gasteiger partial charge in [-0.25, -0.2) is 14.2 Å². The van der Waals surface area contributed by atoms with E-state index in [2.05, 4.69) is 20.5 Å². The molecule has 3 aliphatic rings. The van der Waals surface area contributed by atoms with Crippen molar-refractivity contribution in [3.05, 3.63) is 82.2 Å². The van der Waals surface area contributed by atoms with Gasteiger partial charge < -0.3 is 19.1 Å². The van der Waals surface area contributed by atoms with E-state index in [-0.39, 0.29) is 5.92 Å². The number of carboxylic acids is 1. The summed E-state index contributed by atoms with van der Waals surface area (Å²) in [6.45, 7) is 5.11. The van der Waals surface area contributed by atoms with Gasteiger partial charge in [-0.05, 0) is 74.5 Å². The maximum absolute atomic E-state index is 14.8. The van der Waals surface area contributed by atoms with E-state index in [4.69, 9.17) is 26.2 Å². The van der Waals surface area contributed by atoms with Crippen molar-refractivity contribution in [1.29, 1.82) is 0 Å². The first kappa shape index (κ1) is 26.8. The molecule has 0 bridgehead atoms. The van der Waals surface area contributed by atoms with Crippen molar-refractivity contribution in [2.45, 2.75) is 63.8 Å². The van der Waals surface area contributed by atoms with Gasteiger partial charge in [-0.1, -0.05) is 36.6 Å². The summed E-state index contributed by atoms with van der Waals surface area (Å²) in [5, 5.41) is 9.41. The number of carboxylic acid groups (broad SMARTS) is 1. The first-order chi connectivity index (χ1) is 19.3. The standard InChI is InChI=1S/C31H33ClFN3O4/c1-31(25-9-7-22(32)17-26(25)33)39-27-4-2-3-24(30(27)40-31)21-12-14-35(15-13-21)19-28-34-18-23(8-10-29(37)38)36(28)16-11-20-5-6-20/h2-4,7-10,17-18,20-21H,5-6,11-16,19H2,1H3,(H,37,38)/b10-8+. The molecule has 1 saturated carbocycles. The van der Waals surface area contributed by atoms with Gasteiger partial charge in [0.25, 0.3) is 5.79 Å². The van der Waals surface area contributed by atoms with Crippen molar-refractivity contribution in [2.75, 3.05) is 13.1 Å². The average Bonchev–Trinajstić information content (AvgIpc) is 3.57. The molecule has 1 N–H and O–H groups in total. The predicted molar refractivity (Wildman–Crippen MR) is 150 cm³/mol. The fourth-order valence-corrected chi connectivity index (χ4v) is 6.02. The molecule has 2 fully saturated rings. The SMILES string of the molecule is CC1(c2ccc(Cl)cc2F)Oc2cccc(C3CCN(Cc4ncc(/C=C/C(=O)O)n4CCC4CC4)CC3)c2O1. The number of imidazole rings is 1. The molecular formula is C31H33ClFN3O4. The zero-order valence-electron chi connectivity index (χ0n) is 22.5. The Morgan fingerprint density at radius 3 is 2.73 bits per heavy atom. The predicted octanol–water partition coefficient (Wildman–Crippen LogP) is 6.60. The van der Waals surface area contributed by atoms with Crippen molar-refractivity contribution in [1.82, 2.24) is 14.5 Å². The molecule has 40 heavy (non-hydrogen) atoms. The van der Waals surface area contributed by atoms with Crippen LogP contribution in [0.1, 0.15) is 67.6 Å². The van der Waals surface area contributed by atoms with Gasteiger partial charge in [-0.2, -0.15) is 0 Å². The number of fused-ring (bicyclic) bond motifs is 1. The molecule has 2 aliphatic heterocycles. The van der Waals surface area contributed by atoms with E-state index in [1.807, 2.05) is 12.1 Å². The van der Waals surface area contributed by atoms with Crippen LogP contribution in [0.3, 0.4) is 0 Å². The van der Waals surface area contributed by atoms with E-state index >= 15 is 0 Å². The van der Waals surface area contributed by atoms with Crippen LogP contribution in [0.5, 0.6) is 11.5 Å². The number of hydrogen-bond acceptors (Lipinski definition) is 5. The molecule has 2 aromatic carbocycles. The van der Waals surface area contributed by atoms with Crippen LogP contribution in [-0.4, -0.2) is 38.6 Å². The molecule has 1 unspecified atom stereocenters. The monoisotopic (exact) mass is 565 g/mol. The molecule has 3 heterocycles. The molecule has 9 heteroatoms. The Morgan fingerprint density at radius 2 is 2.00 bits per heavy atom. The number of aliphatic carboxylic acids is 1. The quantitative estimate of drug-likeness (QED) is 0.295. The minimum Gasteiger partial charge on any atom is -0.478 e. The molecule has 1 saturated heterocycles. The molecule has 210 valence electrons. The van der Waals surface area contributed by atoms with Crippen LogP contribution in [-0.2, 0) is 23.7 Å². The first-order valence-electron chi connectivity index (χ1n) is 13.9. The third kappa shape index (κ3) is 5.60. The Bertz CT molecular complexity index is 1440. The van der Waals surface area contributed by atoms with Gasteiger partial charge in [-0.3, -0.25) is 4.90 Å². The molecule has 0 spiro atoms. The van der Waals surface area contributed by atoms with Gasteiger partial charge >= 0.3 is 5.97 Å². The third-order valence-electron chi connectivity index (χ3n) is 8.25. The van der Waals surface area contributed by atoms with Crippen LogP contribution in [0.2, 0.25) is 5.02 Å². The van der Waals surface area contributed by atoms with Crippen LogP contribution in [0.15, 0.2) is 48.7 Å². The van der Waals surface area contributed by atoms with Crippen molar-refractivity contribution in [2.24, 2.45) is 5.92 Å². The maximum Gasteiger partial charge on any atom is 0.328 e. The minimum absolute atomic E-state index is 0.288. The second kappa shape index (κ2) is 10.9. The molecular weight excluding hydrogens is 533 g/mol. The summed E-state index contributed by atoms with van der Waals surface area (Å²) in [6.07, 6.45) is 10.1. The van der Waals surface area contributed by atoms with E-state index in [9.17, 15) is 9.18 Å². The van der Waals surface area contributed by atoms with Crippen molar-refractivity contribution in [3.8, 4) is 11.5 Å². The van der Waals surface area contributed by atoms with E-state index < -0.39 is 17.6 Å².